The highest BCUT2D eigenvalue weighted by atomic mass is 16.3. The van der Waals surface area contributed by atoms with Gasteiger partial charge in [0.1, 0.15) is 0 Å². The lowest BCUT2D eigenvalue weighted by atomic mass is 10.1. The molecular weight excluding hydrogens is 88.1 g/mol. The van der Waals surface area contributed by atoms with Crippen molar-refractivity contribution >= 4 is 0 Å². The van der Waals surface area contributed by atoms with Crippen molar-refractivity contribution in [1.82, 2.24) is 0 Å². The molecule has 0 spiro atoms. The summed E-state index contributed by atoms with van der Waals surface area (Å²) in [6.07, 6.45) is 2.70. The Morgan fingerprint density at radius 1 is 1.71 bits per heavy atom. The molecule has 1 heteroatoms. The number of aliphatic hydroxyl groups excluding tert-OH is 1. The molecular formula is C6H12O. The van der Waals surface area contributed by atoms with E-state index in [0.29, 0.717) is 12.5 Å². The topological polar surface area (TPSA) is 20.2 Å². The van der Waals surface area contributed by atoms with Gasteiger partial charge in [0.25, 0.3) is 0 Å². The maximum Gasteiger partial charge on any atom is 0.0459 e. The summed E-state index contributed by atoms with van der Waals surface area (Å²) in [6, 6.07) is 0. The fraction of sp³-hybridized carbons (Fsp3) is 1.00. The maximum absolute atomic E-state index is 8.55. The largest absolute Gasteiger partial charge is 0.396 e. The summed E-state index contributed by atoms with van der Waals surface area (Å²) in [7, 11) is 0. The first-order valence-electron chi connectivity index (χ1n) is 2.95. The predicted octanol–water partition coefficient (Wildman–Crippen LogP) is 1.02. The molecule has 1 fully saturated rings. The second-order valence-electron chi connectivity index (χ2n) is 2.50. The van der Waals surface area contributed by atoms with Crippen LogP contribution in [-0.4, -0.2) is 11.7 Å². The Hall–Kier alpha value is -0.0400. The summed E-state index contributed by atoms with van der Waals surface area (Å²) in [6.45, 7) is 2.49. The quantitative estimate of drug-likeness (QED) is 0.549. The Kier molecular flexibility index (Phi) is 1.33. The molecule has 1 N–H and O–H groups in total. The molecule has 0 aromatic carbocycles. The number of rotatable bonds is 2. The van der Waals surface area contributed by atoms with Crippen LogP contribution in [0.15, 0.2) is 0 Å². The van der Waals surface area contributed by atoms with Crippen molar-refractivity contribution in [2.75, 3.05) is 6.61 Å². The van der Waals surface area contributed by atoms with Gasteiger partial charge < -0.3 is 5.11 Å². The fourth-order valence-electron chi connectivity index (χ4n) is 0.814. The first-order chi connectivity index (χ1) is 3.34. The third-order valence-electron chi connectivity index (χ3n) is 1.71. The van der Waals surface area contributed by atoms with Crippen molar-refractivity contribution in [3.63, 3.8) is 0 Å². The van der Waals surface area contributed by atoms with E-state index < -0.39 is 0 Å². The summed E-state index contributed by atoms with van der Waals surface area (Å²) in [5, 5.41) is 8.55. The van der Waals surface area contributed by atoms with E-state index in [2.05, 4.69) is 6.92 Å². The van der Waals surface area contributed by atoms with Crippen molar-refractivity contribution in [1.29, 1.82) is 0 Å². The lowest BCUT2D eigenvalue weighted by Crippen LogP contribution is -2.01. The Balaban J connectivity index is 2.10. The standard InChI is InChI=1S/C6H12O/c1-5(4-7)6-2-3-6/h5-7H,2-4H2,1H3/t5-/m0/s1. The molecule has 0 aromatic heterocycles. The normalized spacial score (nSPS) is 24.9. The summed E-state index contributed by atoms with van der Waals surface area (Å²) >= 11 is 0. The molecule has 0 bridgehead atoms. The van der Waals surface area contributed by atoms with Gasteiger partial charge in [-0.05, 0) is 24.7 Å². The van der Waals surface area contributed by atoms with E-state index in [1.54, 1.807) is 0 Å². The van der Waals surface area contributed by atoms with Gasteiger partial charge in [-0.1, -0.05) is 6.92 Å². The van der Waals surface area contributed by atoms with Crippen LogP contribution in [0.5, 0.6) is 0 Å². The molecule has 0 aliphatic heterocycles. The van der Waals surface area contributed by atoms with Gasteiger partial charge in [0.15, 0.2) is 0 Å². The molecule has 7 heavy (non-hydrogen) atoms. The molecule has 1 atom stereocenters. The van der Waals surface area contributed by atoms with Gasteiger partial charge in [-0.2, -0.15) is 0 Å². The van der Waals surface area contributed by atoms with Gasteiger partial charge in [0.05, 0.1) is 0 Å². The summed E-state index contributed by atoms with van der Waals surface area (Å²) in [5.74, 6) is 1.44. The van der Waals surface area contributed by atoms with Crippen LogP contribution in [0.2, 0.25) is 0 Å². The minimum absolute atomic E-state index is 0.380. The first kappa shape index (κ1) is 5.10. The lowest BCUT2D eigenvalue weighted by Gasteiger charge is -2.00. The third kappa shape index (κ3) is 1.16. The smallest absolute Gasteiger partial charge is 0.0459 e. The lowest BCUT2D eigenvalue weighted by molar-refractivity contribution is 0.222. The van der Waals surface area contributed by atoms with Crippen molar-refractivity contribution in [3.05, 3.63) is 0 Å². The van der Waals surface area contributed by atoms with Crippen LogP contribution in [0.1, 0.15) is 19.8 Å². The minimum Gasteiger partial charge on any atom is -0.396 e. The predicted molar refractivity (Wildman–Crippen MR) is 29.0 cm³/mol. The maximum atomic E-state index is 8.55. The Morgan fingerprint density at radius 3 is 2.43 bits per heavy atom. The monoisotopic (exact) mass is 100 g/mol. The van der Waals surface area contributed by atoms with Crippen LogP contribution in [0.25, 0.3) is 0 Å². The van der Waals surface area contributed by atoms with Gasteiger partial charge in [-0.15, -0.1) is 0 Å². The second kappa shape index (κ2) is 1.83. The highest BCUT2D eigenvalue weighted by Gasteiger charge is 2.26. The molecule has 0 aromatic rings. The van der Waals surface area contributed by atoms with Crippen LogP contribution in [-0.2, 0) is 0 Å². The van der Waals surface area contributed by atoms with Gasteiger partial charge in [-0.25, -0.2) is 0 Å². The van der Waals surface area contributed by atoms with Crippen LogP contribution in [0.3, 0.4) is 0 Å². The summed E-state index contributed by atoms with van der Waals surface area (Å²) in [5.41, 5.74) is 0. The second-order valence-corrected chi connectivity index (χ2v) is 2.50. The van der Waals surface area contributed by atoms with Crippen molar-refractivity contribution in [2.45, 2.75) is 19.8 Å². The third-order valence-corrected chi connectivity index (χ3v) is 1.71. The summed E-state index contributed by atoms with van der Waals surface area (Å²) < 4.78 is 0. The van der Waals surface area contributed by atoms with E-state index in [9.17, 15) is 0 Å². The molecule has 1 saturated carbocycles. The minimum atomic E-state index is 0.380. The van der Waals surface area contributed by atoms with Crippen LogP contribution in [0, 0.1) is 11.8 Å². The Morgan fingerprint density at radius 2 is 2.29 bits per heavy atom. The zero-order valence-electron chi connectivity index (χ0n) is 4.72. The van der Waals surface area contributed by atoms with E-state index in [1.165, 1.54) is 12.8 Å². The van der Waals surface area contributed by atoms with E-state index >= 15 is 0 Å². The number of hydrogen-bond donors (Lipinski definition) is 1. The van der Waals surface area contributed by atoms with Gasteiger partial charge in [0.2, 0.25) is 0 Å². The van der Waals surface area contributed by atoms with Crippen LogP contribution >= 0.6 is 0 Å². The van der Waals surface area contributed by atoms with Crippen LogP contribution in [0.4, 0.5) is 0 Å². The molecule has 0 amide bonds. The van der Waals surface area contributed by atoms with E-state index in [-0.39, 0.29) is 0 Å². The van der Waals surface area contributed by atoms with Crippen molar-refractivity contribution in [3.8, 4) is 0 Å². The molecule has 0 saturated heterocycles. The van der Waals surface area contributed by atoms with Gasteiger partial charge in [0, 0.05) is 6.61 Å². The number of hydrogen-bond acceptors (Lipinski definition) is 1. The molecule has 1 rings (SSSR count). The van der Waals surface area contributed by atoms with Crippen molar-refractivity contribution < 1.29 is 5.11 Å². The molecule has 0 radical (unpaired) electrons. The van der Waals surface area contributed by atoms with E-state index in [4.69, 9.17) is 5.11 Å². The molecule has 42 valence electrons. The average Bonchev–Trinajstić information content (AvgIpc) is 2.44. The zero-order valence-corrected chi connectivity index (χ0v) is 4.72. The van der Waals surface area contributed by atoms with Crippen LogP contribution < -0.4 is 0 Å². The highest BCUT2D eigenvalue weighted by Crippen LogP contribution is 2.35. The Labute approximate surface area is 44.4 Å². The first-order valence-corrected chi connectivity index (χ1v) is 2.95. The zero-order chi connectivity index (χ0) is 5.28. The molecule has 1 nitrogen and oxygen atoms in total. The van der Waals surface area contributed by atoms with E-state index in [0.717, 1.165) is 5.92 Å². The van der Waals surface area contributed by atoms with Crippen molar-refractivity contribution in [2.24, 2.45) is 11.8 Å². The summed E-state index contributed by atoms with van der Waals surface area (Å²) in [4.78, 5) is 0. The fourth-order valence-corrected chi connectivity index (χ4v) is 0.814. The number of aliphatic hydroxyl groups is 1. The molecule has 0 unspecified atom stereocenters. The highest BCUT2D eigenvalue weighted by molar-refractivity contribution is 4.77. The van der Waals surface area contributed by atoms with E-state index in [1.807, 2.05) is 0 Å². The van der Waals surface area contributed by atoms with Gasteiger partial charge >= 0.3 is 0 Å². The molecule has 0 heterocycles. The average molecular weight is 100 g/mol. The Bertz CT molecular complexity index is 57.2. The SMILES string of the molecule is C[C@@H](CO)C1CC1. The molecule has 1 aliphatic carbocycles. The molecule has 1 aliphatic rings. The van der Waals surface area contributed by atoms with Gasteiger partial charge in [-0.3, -0.25) is 0 Å².